The molecular formula is C14H24N2. The van der Waals surface area contributed by atoms with Crippen molar-refractivity contribution in [1.29, 1.82) is 0 Å². The number of hydrazine groups is 1. The van der Waals surface area contributed by atoms with Gasteiger partial charge in [-0.1, -0.05) is 46.2 Å². The van der Waals surface area contributed by atoms with Gasteiger partial charge in [0.15, 0.2) is 0 Å². The molecule has 0 aliphatic carbocycles. The second-order valence-electron chi connectivity index (χ2n) is 5.43. The zero-order valence-corrected chi connectivity index (χ0v) is 11.1. The van der Waals surface area contributed by atoms with Crippen molar-refractivity contribution in [3.8, 4) is 0 Å². The molecule has 0 radical (unpaired) electrons. The van der Waals surface area contributed by atoms with Crippen LogP contribution >= 0.6 is 0 Å². The molecule has 0 aromatic heterocycles. The maximum absolute atomic E-state index is 5.70. The van der Waals surface area contributed by atoms with Crippen molar-refractivity contribution >= 4 is 5.69 Å². The van der Waals surface area contributed by atoms with E-state index in [0.29, 0.717) is 0 Å². The lowest BCUT2D eigenvalue weighted by atomic mass is 9.83. The third-order valence-electron chi connectivity index (χ3n) is 3.00. The van der Waals surface area contributed by atoms with Gasteiger partial charge in [0.1, 0.15) is 0 Å². The highest BCUT2D eigenvalue weighted by Gasteiger charge is 2.20. The molecule has 16 heavy (non-hydrogen) atoms. The van der Waals surface area contributed by atoms with Crippen molar-refractivity contribution in [2.24, 2.45) is 5.84 Å². The van der Waals surface area contributed by atoms with Gasteiger partial charge in [0, 0.05) is 0 Å². The number of hydrogen-bond donors (Lipinski definition) is 2. The summed E-state index contributed by atoms with van der Waals surface area (Å²) in [5.41, 5.74) is 8.12. The van der Waals surface area contributed by atoms with E-state index < -0.39 is 0 Å². The molecule has 90 valence electrons. The summed E-state index contributed by atoms with van der Waals surface area (Å²) in [6.45, 7) is 11.0. The van der Waals surface area contributed by atoms with E-state index in [-0.39, 0.29) is 5.41 Å². The predicted octanol–water partition coefficient (Wildman–Crippen LogP) is 3.53. The molecular weight excluding hydrogens is 196 g/mol. The fourth-order valence-corrected chi connectivity index (χ4v) is 2.11. The van der Waals surface area contributed by atoms with Crippen molar-refractivity contribution in [2.75, 3.05) is 5.43 Å². The second kappa shape index (κ2) is 4.88. The maximum atomic E-state index is 5.70. The summed E-state index contributed by atoms with van der Waals surface area (Å²) in [6, 6.07) is 4.39. The van der Waals surface area contributed by atoms with Crippen LogP contribution < -0.4 is 11.3 Å². The maximum Gasteiger partial charge on any atom is 0.0557 e. The largest absolute Gasteiger partial charge is 0.324 e. The first-order valence-corrected chi connectivity index (χ1v) is 6.01. The van der Waals surface area contributed by atoms with Crippen molar-refractivity contribution in [1.82, 2.24) is 0 Å². The van der Waals surface area contributed by atoms with Gasteiger partial charge in [-0.15, -0.1) is 0 Å². The Bertz CT molecular complexity index is 362. The van der Waals surface area contributed by atoms with E-state index in [0.717, 1.165) is 18.5 Å². The fourth-order valence-electron chi connectivity index (χ4n) is 2.11. The third-order valence-corrected chi connectivity index (χ3v) is 3.00. The smallest absolute Gasteiger partial charge is 0.0557 e. The second-order valence-corrected chi connectivity index (χ2v) is 5.43. The first kappa shape index (κ1) is 13.0. The molecule has 0 fully saturated rings. The van der Waals surface area contributed by atoms with E-state index in [1.165, 1.54) is 16.7 Å². The predicted molar refractivity (Wildman–Crippen MR) is 71.7 cm³/mol. The molecule has 2 nitrogen and oxygen atoms in total. The topological polar surface area (TPSA) is 38.0 Å². The normalized spacial score (nSPS) is 11.6. The van der Waals surface area contributed by atoms with Crippen LogP contribution in [0.15, 0.2) is 12.1 Å². The van der Waals surface area contributed by atoms with Crippen LogP contribution in [0.3, 0.4) is 0 Å². The van der Waals surface area contributed by atoms with E-state index in [4.69, 9.17) is 5.84 Å². The Morgan fingerprint density at radius 3 is 2.31 bits per heavy atom. The first-order valence-electron chi connectivity index (χ1n) is 6.01. The average Bonchev–Trinajstić information content (AvgIpc) is 2.19. The highest BCUT2D eigenvalue weighted by Crippen LogP contribution is 2.33. The van der Waals surface area contributed by atoms with Crippen LogP contribution in [0.25, 0.3) is 0 Å². The number of anilines is 1. The van der Waals surface area contributed by atoms with E-state index in [9.17, 15) is 0 Å². The minimum atomic E-state index is 0.123. The van der Waals surface area contributed by atoms with Gasteiger partial charge in [-0.25, -0.2) is 0 Å². The molecule has 1 rings (SSSR count). The molecule has 0 heterocycles. The molecule has 1 aromatic carbocycles. The molecule has 0 spiro atoms. The summed E-state index contributed by atoms with van der Waals surface area (Å²) in [5.74, 6) is 5.70. The van der Waals surface area contributed by atoms with E-state index in [1.807, 2.05) is 0 Å². The van der Waals surface area contributed by atoms with E-state index in [2.05, 4.69) is 52.2 Å². The van der Waals surface area contributed by atoms with Crippen molar-refractivity contribution in [3.05, 3.63) is 28.8 Å². The standard InChI is InChI=1S/C14H24N2/c1-6-7-11-10(2)8-9-12(13(11)16-15)14(3,4)5/h8-9,16H,6-7,15H2,1-5H3. The molecule has 0 amide bonds. The number of benzene rings is 1. The molecule has 0 saturated heterocycles. The third kappa shape index (κ3) is 2.56. The molecule has 2 heteroatoms. The summed E-state index contributed by atoms with van der Waals surface area (Å²) in [4.78, 5) is 0. The Balaban J connectivity index is 3.37. The molecule has 0 aliphatic heterocycles. The summed E-state index contributed by atoms with van der Waals surface area (Å²) < 4.78 is 0. The van der Waals surface area contributed by atoms with Crippen LogP contribution in [0, 0.1) is 6.92 Å². The Labute approximate surface area is 99.2 Å². The summed E-state index contributed by atoms with van der Waals surface area (Å²) in [6.07, 6.45) is 2.22. The Kier molecular flexibility index (Phi) is 3.98. The van der Waals surface area contributed by atoms with Gasteiger partial charge in [-0.2, -0.15) is 0 Å². The van der Waals surface area contributed by atoms with Gasteiger partial charge < -0.3 is 5.43 Å². The summed E-state index contributed by atoms with van der Waals surface area (Å²) in [5, 5.41) is 0. The highest BCUT2D eigenvalue weighted by molar-refractivity contribution is 5.62. The lowest BCUT2D eigenvalue weighted by Crippen LogP contribution is -2.20. The Morgan fingerprint density at radius 1 is 1.25 bits per heavy atom. The zero-order valence-electron chi connectivity index (χ0n) is 11.1. The molecule has 3 N–H and O–H groups in total. The van der Waals surface area contributed by atoms with Crippen molar-refractivity contribution < 1.29 is 0 Å². The quantitative estimate of drug-likeness (QED) is 0.604. The lowest BCUT2D eigenvalue weighted by molar-refractivity contribution is 0.590. The number of rotatable bonds is 3. The summed E-state index contributed by atoms with van der Waals surface area (Å²) >= 11 is 0. The van der Waals surface area contributed by atoms with Gasteiger partial charge in [0.2, 0.25) is 0 Å². The summed E-state index contributed by atoms with van der Waals surface area (Å²) in [7, 11) is 0. The van der Waals surface area contributed by atoms with Gasteiger partial charge in [-0.3, -0.25) is 5.84 Å². The minimum absolute atomic E-state index is 0.123. The number of nitrogens with two attached hydrogens (primary N) is 1. The SMILES string of the molecule is CCCc1c(C)ccc(C(C)(C)C)c1NN. The minimum Gasteiger partial charge on any atom is -0.324 e. The van der Waals surface area contributed by atoms with Gasteiger partial charge in [0.05, 0.1) is 5.69 Å². The molecule has 0 unspecified atom stereocenters. The number of nitrogen functional groups attached to an aromatic ring is 1. The molecule has 0 saturated carbocycles. The highest BCUT2D eigenvalue weighted by atomic mass is 15.2. The van der Waals surface area contributed by atoms with Gasteiger partial charge in [0.25, 0.3) is 0 Å². The van der Waals surface area contributed by atoms with Crippen molar-refractivity contribution in [3.63, 3.8) is 0 Å². The molecule has 0 atom stereocenters. The van der Waals surface area contributed by atoms with E-state index in [1.54, 1.807) is 0 Å². The van der Waals surface area contributed by atoms with Crippen LogP contribution in [0.5, 0.6) is 0 Å². The van der Waals surface area contributed by atoms with Crippen LogP contribution in [-0.2, 0) is 11.8 Å². The number of hydrogen-bond acceptors (Lipinski definition) is 2. The fraction of sp³-hybridized carbons (Fsp3) is 0.571. The monoisotopic (exact) mass is 220 g/mol. The van der Waals surface area contributed by atoms with Gasteiger partial charge in [-0.05, 0) is 35.4 Å². The zero-order chi connectivity index (χ0) is 12.3. The van der Waals surface area contributed by atoms with Crippen LogP contribution in [-0.4, -0.2) is 0 Å². The van der Waals surface area contributed by atoms with Crippen LogP contribution in [0.2, 0.25) is 0 Å². The Hall–Kier alpha value is -1.02. The number of nitrogens with one attached hydrogen (secondary N) is 1. The first-order chi connectivity index (χ1) is 7.41. The van der Waals surface area contributed by atoms with Crippen LogP contribution in [0.4, 0.5) is 5.69 Å². The van der Waals surface area contributed by atoms with E-state index >= 15 is 0 Å². The van der Waals surface area contributed by atoms with Crippen molar-refractivity contribution in [2.45, 2.75) is 52.9 Å². The molecule has 1 aromatic rings. The molecule has 0 bridgehead atoms. The molecule has 0 aliphatic rings. The Morgan fingerprint density at radius 2 is 1.88 bits per heavy atom. The van der Waals surface area contributed by atoms with Crippen LogP contribution in [0.1, 0.15) is 50.8 Å². The average molecular weight is 220 g/mol. The number of aryl methyl sites for hydroxylation is 1. The van der Waals surface area contributed by atoms with Gasteiger partial charge >= 0.3 is 0 Å². The lowest BCUT2D eigenvalue weighted by Gasteiger charge is -2.25.